The number of carbonyl (C=O) groups excluding carboxylic acids is 1. The lowest BCUT2D eigenvalue weighted by Crippen LogP contribution is -2.40. The Morgan fingerprint density at radius 3 is 2.11 bits per heavy atom. The summed E-state index contributed by atoms with van der Waals surface area (Å²) in [5.74, 6) is -0.619. The number of sulfonamides is 2. The van der Waals surface area contributed by atoms with Crippen LogP contribution < -0.4 is 10.0 Å². The summed E-state index contributed by atoms with van der Waals surface area (Å²) in [6.07, 6.45) is 0. The fourth-order valence-corrected chi connectivity index (χ4v) is 7.54. The lowest BCUT2D eigenvalue weighted by Gasteiger charge is -2.26. The van der Waals surface area contributed by atoms with E-state index in [1.54, 1.807) is 26.0 Å². The summed E-state index contributed by atoms with van der Waals surface area (Å²) in [5, 5.41) is 2.92. The third-order valence-electron chi connectivity index (χ3n) is 6.06. The Kier molecular flexibility index (Phi) is 8.15. The number of hydrogen-bond donors (Lipinski definition) is 2. The van der Waals surface area contributed by atoms with E-state index in [1.165, 1.54) is 46.8 Å². The molecular formula is C26H28ClN3O6S2. The second-order valence-corrected chi connectivity index (χ2v) is 13.0. The highest BCUT2D eigenvalue weighted by atomic mass is 35.5. The predicted molar refractivity (Wildman–Crippen MR) is 147 cm³/mol. The lowest BCUT2D eigenvalue weighted by atomic mass is 10.1. The summed E-state index contributed by atoms with van der Waals surface area (Å²) in [6, 6.07) is 13.6. The first-order chi connectivity index (χ1) is 17.9. The minimum Gasteiger partial charge on any atom is -0.379 e. The summed E-state index contributed by atoms with van der Waals surface area (Å²) in [6.45, 7) is 6.53. The number of aryl methyl sites for hydroxylation is 3. The fourth-order valence-electron chi connectivity index (χ4n) is 4.42. The van der Waals surface area contributed by atoms with E-state index in [4.69, 9.17) is 16.3 Å². The van der Waals surface area contributed by atoms with Crippen molar-refractivity contribution in [2.75, 3.05) is 36.3 Å². The maximum atomic E-state index is 13.3. The highest BCUT2D eigenvalue weighted by Crippen LogP contribution is 2.28. The normalized spacial score (nSPS) is 14.7. The van der Waals surface area contributed by atoms with E-state index < -0.39 is 26.0 Å². The topological polar surface area (TPSA) is 122 Å². The molecule has 1 fully saturated rings. The summed E-state index contributed by atoms with van der Waals surface area (Å²) in [7, 11) is -7.70. The highest BCUT2D eigenvalue weighted by Gasteiger charge is 2.27. The molecule has 12 heteroatoms. The lowest BCUT2D eigenvalue weighted by molar-refractivity contribution is 0.0730. The van der Waals surface area contributed by atoms with Gasteiger partial charge in [0, 0.05) is 23.8 Å². The first kappa shape index (κ1) is 28.1. The molecule has 202 valence electrons. The number of halogens is 1. The zero-order chi connectivity index (χ0) is 27.7. The molecule has 4 rings (SSSR count). The Hall–Kier alpha value is -2.96. The van der Waals surface area contributed by atoms with Crippen LogP contribution in [-0.2, 0) is 24.8 Å². The molecule has 2 N–H and O–H groups in total. The molecule has 0 spiro atoms. The minimum atomic E-state index is -4.02. The van der Waals surface area contributed by atoms with Gasteiger partial charge in [0.05, 0.1) is 34.3 Å². The Bertz CT molecular complexity index is 1560. The van der Waals surface area contributed by atoms with Crippen molar-refractivity contribution < 1.29 is 26.4 Å². The molecule has 0 radical (unpaired) electrons. The number of nitrogens with zero attached hydrogens (tertiary/aromatic N) is 1. The Labute approximate surface area is 227 Å². The number of benzene rings is 3. The van der Waals surface area contributed by atoms with Gasteiger partial charge < -0.3 is 10.1 Å². The molecule has 9 nitrogen and oxygen atoms in total. The first-order valence-electron chi connectivity index (χ1n) is 11.8. The molecule has 3 aromatic carbocycles. The van der Waals surface area contributed by atoms with Crippen molar-refractivity contribution >= 4 is 48.9 Å². The number of anilines is 2. The fraction of sp³-hybridized carbons (Fsp3) is 0.269. The SMILES string of the molecule is Cc1cc(C)c(S(=O)(=O)Nc2ccc(Cl)cc2C(=O)Nc2ccc(S(=O)(=O)N3CCOCC3)cc2)c(C)c1. The van der Waals surface area contributed by atoms with E-state index >= 15 is 0 Å². The zero-order valence-corrected chi connectivity index (χ0v) is 23.5. The smallest absolute Gasteiger partial charge is 0.262 e. The molecule has 3 aromatic rings. The summed E-state index contributed by atoms with van der Waals surface area (Å²) >= 11 is 6.13. The van der Waals surface area contributed by atoms with Crippen molar-refractivity contribution in [1.29, 1.82) is 0 Å². The molecule has 1 saturated heterocycles. The van der Waals surface area contributed by atoms with Gasteiger partial charge in [-0.25, -0.2) is 16.8 Å². The predicted octanol–water partition coefficient (Wildman–Crippen LogP) is 4.34. The van der Waals surface area contributed by atoms with Crippen LogP contribution in [0.3, 0.4) is 0 Å². The Morgan fingerprint density at radius 1 is 0.895 bits per heavy atom. The zero-order valence-electron chi connectivity index (χ0n) is 21.1. The van der Waals surface area contributed by atoms with Crippen LogP contribution in [0.25, 0.3) is 0 Å². The van der Waals surface area contributed by atoms with Crippen LogP contribution in [-0.4, -0.2) is 53.4 Å². The van der Waals surface area contributed by atoms with Gasteiger partial charge in [0.15, 0.2) is 0 Å². The van der Waals surface area contributed by atoms with Gasteiger partial charge in [0.2, 0.25) is 10.0 Å². The molecule has 0 bridgehead atoms. The van der Waals surface area contributed by atoms with E-state index in [0.717, 1.165) is 5.56 Å². The van der Waals surface area contributed by atoms with Crippen molar-refractivity contribution in [3.8, 4) is 0 Å². The highest BCUT2D eigenvalue weighted by molar-refractivity contribution is 7.92. The number of hydrogen-bond acceptors (Lipinski definition) is 6. The van der Waals surface area contributed by atoms with Crippen LogP contribution in [0.15, 0.2) is 64.4 Å². The largest absolute Gasteiger partial charge is 0.379 e. The molecular weight excluding hydrogens is 550 g/mol. The standard InChI is InChI=1S/C26H28ClN3O6S2/c1-17-14-18(2)25(19(3)15-17)37(32,33)29-24-9-4-20(27)16-23(24)26(31)28-21-5-7-22(8-6-21)38(34,35)30-10-12-36-13-11-30/h4-9,14-16,29H,10-13H2,1-3H3,(H,28,31). The molecule has 0 aromatic heterocycles. The summed E-state index contributed by atoms with van der Waals surface area (Å²) < 4.78 is 61.4. The van der Waals surface area contributed by atoms with Gasteiger partial charge in [0.1, 0.15) is 0 Å². The van der Waals surface area contributed by atoms with Gasteiger partial charge in [-0.1, -0.05) is 29.3 Å². The van der Waals surface area contributed by atoms with Gasteiger partial charge in [-0.05, 0) is 74.4 Å². The second-order valence-electron chi connectivity index (χ2n) is 9.02. The van der Waals surface area contributed by atoms with Crippen LogP contribution in [0, 0.1) is 20.8 Å². The molecule has 1 amide bonds. The molecule has 0 aliphatic carbocycles. The van der Waals surface area contributed by atoms with Crippen molar-refractivity contribution in [1.82, 2.24) is 4.31 Å². The van der Waals surface area contributed by atoms with E-state index in [2.05, 4.69) is 10.0 Å². The van der Waals surface area contributed by atoms with Gasteiger partial charge >= 0.3 is 0 Å². The second kappa shape index (κ2) is 11.0. The molecule has 1 aliphatic heterocycles. The van der Waals surface area contributed by atoms with E-state index in [1.807, 2.05) is 6.92 Å². The van der Waals surface area contributed by atoms with Crippen molar-refractivity contribution in [2.45, 2.75) is 30.6 Å². The number of rotatable bonds is 7. The van der Waals surface area contributed by atoms with E-state index in [9.17, 15) is 21.6 Å². The van der Waals surface area contributed by atoms with Crippen LogP contribution in [0.4, 0.5) is 11.4 Å². The first-order valence-corrected chi connectivity index (χ1v) is 15.1. The molecule has 0 saturated carbocycles. The van der Waals surface area contributed by atoms with Crippen LogP contribution >= 0.6 is 11.6 Å². The van der Waals surface area contributed by atoms with E-state index in [0.29, 0.717) is 30.0 Å². The summed E-state index contributed by atoms with van der Waals surface area (Å²) in [5.41, 5.74) is 2.50. The molecule has 38 heavy (non-hydrogen) atoms. The van der Waals surface area contributed by atoms with E-state index in [-0.39, 0.29) is 39.2 Å². The van der Waals surface area contributed by atoms with Gasteiger partial charge in [-0.3, -0.25) is 9.52 Å². The van der Waals surface area contributed by atoms with Crippen molar-refractivity contribution in [2.24, 2.45) is 0 Å². The van der Waals surface area contributed by atoms with Gasteiger partial charge in [0.25, 0.3) is 15.9 Å². The number of morpholine rings is 1. The number of nitrogens with one attached hydrogen (secondary N) is 2. The Morgan fingerprint density at radius 2 is 1.50 bits per heavy atom. The van der Waals surface area contributed by atoms with Crippen molar-refractivity contribution in [3.05, 3.63) is 81.9 Å². The number of ether oxygens (including phenoxy) is 1. The average molecular weight is 578 g/mol. The van der Waals surface area contributed by atoms with Crippen LogP contribution in [0.1, 0.15) is 27.0 Å². The summed E-state index contributed by atoms with van der Waals surface area (Å²) in [4.78, 5) is 13.4. The third-order valence-corrected chi connectivity index (χ3v) is 9.88. The van der Waals surface area contributed by atoms with Crippen LogP contribution in [0.2, 0.25) is 5.02 Å². The minimum absolute atomic E-state index is 0.00788. The third kappa shape index (κ3) is 6.02. The average Bonchev–Trinajstić information content (AvgIpc) is 2.85. The molecule has 0 unspecified atom stereocenters. The monoisotopic (exact) mass is 577 g/mol. The Balaban J connectivity index is 1.57. The maximum absolute atomic E-state index is 13.3. The molecule has 1 heterocycles. The van der Waals surface area contributed by atoms with Crippen LogP contribution in [0.5, 0.6) is 0 Å². The quantitative estimate of drug-likeness (QED) is 0.431. The molecule has 0 atom stereocenters. The van der Waals surface area contributed by atoms with Gasteiger partial charge in [-0.15, -0.1) is 0 Å². The number of carbonyl (C=O) groups is 1. The maximum Gasteiger partial charge on any atom is 0.262 e. The van der Waals surface area contributed by atoms with Gasteiger partial charge in [-0.2, -0.15) is 4.31 Å². The molecule has 1 aliphatic rings. The van der Waals surface area contributed by atoms with Crippen molar-refractivity contribution in [3.63, 3.8) is 0 Å². The number of amides is 1.